The third kappa shape index (κ3) is 4.18. The quantitative estimate of drug-likeness (QED) is 0.678. The molecular weight excluding hydrogens is 190 g/mol. The molecule has 88 valence electrons. The molecule has 0 spiro atoms. The molecule has 0 saturated carbocycles. The fourth-order valence-corrected chi connectivity index (χ4v) is 2.14. The summed E-state index contributed by atoms with van der Waals surface area (Å²) in [5.74, 6) is 0.591. The topological polar surface area (TPSA) is 58.4 Å². The predicted molar refractivity (Wildman–Crippen MR) is 61.4 cm³/mol. The summed E-state index contributed by atoms with van der Waals surface area (Å²) >= 11 is 0. The lowest BCUT2D eigenvalue weighted by Crippen LogP contribution is -2.41. The summed E-state index contributed by atoms with van der Waals surface area (Å²) in [6.07, 6.45) is 2.46. The van der Waals surface area contributed by atoms with Crippen molar-refractivity contribution in [3.63, 3.8) is 0 Å². The monoisotopic (exact) mass is 213 g/mol. The fourth-order valence-electron chi connectivity index (χ4n) is 2.14. The van der Waals surface area contributed by atoms with Gasteiger partial charge in [-0.25, -0.2) is 0 Å². The predicted octanol–water partition coefficient (Wildman–Crippen LogP) is 0.0392. The van der Waals surface area contributed by atoms with Crippen molar-refractivity contribution >= 4 is 5.91 Å². The number of amides is 1. The van der Waals surface area contributed by atoms with Gasteiger partial charge in [-0.1, -0.05) is 6.92 Å². The van der Waals surface area contributed by atoms with Crippen LogP contribution >= 0.6 is 0 Å². The van der Waals surface area contributed by atoms with Gasteiger partial charge >= 0.3 is 0 Å². The largest absolute Gasteiger partial charge is 0.369 e. The Morgan fingerprint density at radius 3 is 2.60 bits per heavy atom. The molecule has 0 aromatic carbocycles. The van der Waals surface area contributed by atoms with E-state index in [0.29, 0.717) is 0 Å². The summed E-state index contributed by atoms with van der Waals surface area (Å²) in [5.41, 5.74) is 5.25. The molecule has 4 heteroatoms. The van der Waals surface area contributed by atoms with Gasteiger partial charge < -0.3 is 16.0 Å². The zero-order valence-electron chi connectivity index (χ0n) is 9.83. The van der Waals surface area contributed by atoms with E-state index in [2.05, 4.69) is 10.2 Å². The maximum Gasteiger partial charge on any atom is 0.221 e. The summed E-state index contributed by atoms with van der Waals surface area (Å²) in [6, 6.07) is 0. The van der Waals surface area contributed by atoms with E-state index in [-0.39, 0.29) is 11.8 Å². The molecule has 4 nitrogen and oxygen atoms in total. The lowest BCUT2D eigenvalue weighted by molar-refractivity contribution is -0.121. The summed E-state index contributed by atoms with van der Waals surface area (Å²) < 4.78 is 0. The fraction of sp³-hybridized carbons (Fsp3) is 0.909. The van der Waals surface area contributed by atoms with Gasteiger partial charge in [-0.3, -0.25) is 4.79 Å². The number of rotatable bonds is 5. The number of nitrogens with zero attached hydrogens (tertiary/aromatic N) is 1. The average Bonchev–Trinajstić information content (AvgIpc) is 2.21. The Labute approximate surface area is 92.2 Å². The molecule has 0 bridgehead atoms. The first-order valence-corrected chi connectivity index (χ1v) is 5.79. The van der Waals surface area contributed by atoms with Crippen LogP contribution in [0.25, 0.3) is 0 Å². The summed E-state index contributed by atoms with van der Waals surface area (Å²) in [6.45, 7) is 6.04. The van der Waals surface area contributed by atoms with Gasteiger partial charge in [0.05, 0.1) is 0 Å². The van der Waals surface area contributed by atoms with Gasteiger partial charge in [-0.2, -0.15) is 0 Å². The van der Waals surface area contributed by atoms with Crippen LogP contribution < -0.4 is 11.1 Å². The Hall–Kier alpha value is -0.610. The number of likely N-dealkylation sites (tertiary alicyclic amines) is 1. The molecule has 15 heavy (non-hydrogen) atoms. The zero-order valence-corrected chi connectivity index (χ0v) is 9.83. The van der Waals surface area contributed by atoms with Crippen molar-refractivity contribution in [3.05, 3.63) is 0 Å². The Kier molecular flexibility index (Phi) is 5.05. The molecule has 1 aliphatic rings. The molecule has 1 amide bonds. The van der Waals surface area contributed by atoms with Crippen LogP contribution in [0.15, 0.2) is 0 Å². The van der Waals surface area contributed by atoms with Crippen LogP contribution in [0.1, 0.15) is 19.8 Å². The zero-order chi connectivity index (χ0) is 11.3. The van der Waals surface area contributed by atoms with Crippen LogP contribution in [0.2, 0.25) is 0 Å². The summed E-state index contributed by atoms with van der Waals surface area (Å²) in [5, 5.41) is 3.22. The summed E-state index contributed by atoms with van der Waals surface area (Å²) in [7, 11) is 2.00. The van der Waals surface area contributed by atoms with Crippen molar-refractivity contribution < 1.29 is 4.79 Å². The minimum atomic E-state index is -0.188. The second-order valence-electron chi connectivity index (χ2n) is 4.61. The van der Waals surface area contributed by atoms with Gasteiger partial charge in [0.25, 0.3) is 0 Å². The highest BCUT2D eigenvalue weighted by molar-refractivity contribution is 5.76. The van der Waals surface area contributed by atoms with E-state index in [1.807, 2.05) is 14.0 Å². The Morgan fingerprint density at radius 1 is 1.53 bits per heavy atom. The molecule has 3 N–H and O–H groups in total. The summed E-state index contributed by atoms with van der Waals surface area (Å²) in [4.78, 5) is 13.3. The highest BCUT2D eigenvalue weighted by atomic mass is 16.1. The maximum absolute atomic E-state index is 10.9. The van der Waals surface area contributed by atoms with Crippen LogP contribution in [0.4, 0.5) is 0 Å². The van der Waals surface area contributed by atoms with Crippen LogP contribution in [0, 0.1) is 11.8 Å². The van der Waals surface area contributed by atoms with E-state index < -0.39 is 0 Å². The van der Waals surface area contributed by atoms with E-state index in [1.165, 1.54) is 12.8 Å². The second kappa shape index (κ2) is 6.08. The van der Waals surface area contributed by atoms with Crippen molar-refractivity contribution in [3.8, 4) is 0 Å². The van der Waals surface area contributed by atoms with Crippen molar-refractivity contribution in [2.75, 3.05) is 33.2 Å². The van der Waals surface area contributed by atoms with Crippen LogP contribution in [-0.4, -0.2) is 44.0 Å². The molecule has 1 heterocycles. The standard InChI is InChI=1S/C11H23N3O/c1-9(11(12)15)8-14-5-3-10(4-6-14)7-13-2/h9-10,13H,3-8H2,1-2H3,(H2,12,15). The number of hydrogen-bond donors (Lipinski definition) is 2. The van der Waals surface area contributed by atoms with Gasteiger partial charge in [-0.15, -0.1) is 0 Å². The molecule has 0 aromatic heterocycles. The minimum absolute atomic E-state index is 0.0224. The first-order valence-electron chi connectivity index (χ1n) is 5.79. The van der Waals surface area contributed by atoms with E-state index in [0.717, 1.165) is 32.1 Å². The van der Waals surface area contributed by atoms with Crippen molar-refractivity contribution in [2.24, 2.45) is 17.6 Å². The number of primary amides is 1. The molecule has 1 saturated heterocycles. The minimum Gasteiger partial charge on any atom is -0.369 e. The van der Waals surface area contributed by atoms with Gasteiger partial charge in [0, 0.05) is 12.5 Å². The third-order valence-electron chi connectivity index (χ3n) is 3.22. The molecule has 1 unspecified atom stereocenters. The van der Waals surface area contributed by atoms with Gasteiger partial charge in [0.1, 0.15) is 0 Å². The van der Waals surface area contributed by atoms with E-state index in [9.17, 15) is 4.79 Å². The highest BCUT2D eigenvalue weighted by Gasteiger charge is 2.21. The first kappa shape index (κ1) is 12.5. The lowest BCUT2D eigenvalue weighted by atomic mass is 9.96. The molecule has 0 aliphatic carbocycles. The number of hydrogen-bond acceptors (Lipinski definition) is 3. The van der Waals surface area contributed by atoms with Crippen LogP contribution in [-0.2, 0) is 4.79 Å². The molecule has 1 atom stereocenters. The van der Waals surface area contributed by atoms with Crippen LogP contribution in [0.5, 0.6) is 0 Å². The number of nitrogens with two attached hydrogens (primary N) is 1. The molecule has 0 aromatic rings. The van der Waals surface area contributed by atoms with Crippen molar-refractivity contribution in [1.29, 1.82) is 0 Å². The number of carbonyl (C=O) groups excluding carboxylic acids is 1. The maximum atomic E-state index is 10.9. The van der Waals surface area contributed by atoms with Crippen molar-refractivity contribution in [2.45, 2.75) is 19.8 Å². The second-order valence-corrected chi connectivity index (χ2v) is 4.61. The Balaban J connectivity index is 2.22. The van der Waals surface area contributed by atoms with E-state index in [1.54, 1.807) is 0 Å². The molecule has 1 rings (SSSR count). The Morgan fingerprint density at radius 2 is 2.13 bits per heavy atom. The van der Waals surface area contributed by atoms with Crippen LogP contribution in [0.3, 0.4) is 0 Å². The number of carbonyl (C=O) groups is 1. The smallest absolute Gasteiger partial charge is 0.221 e. The van der Waals surface area contributed by atoms with E-state index in [4.69, 9.17) is 5.73 Å². The van der Waals surface area contributed by atoms with Gasteiger partial charge in [-0.05, 0) is 45.4 Å². The normalized spacial score (nSPS) is 21.5. The van der Waals surface area contributed by atoms with Gasteiger partial charge in [0.15, 0.2) is 0 Å². The molecule has 0 radical (unpaired) electrons. The van der Waals surface area contributed by atoms with Crippen molar-refractivity contribution in [1.82, 2.24) is 10.2 Å². The molecule has 1 fully saturated rings. The number of nitrogens with one attached hydrogen (secondary N) is 1. The molecule has 1 aliphatic heterocycles. The SMILES string of the molecule is CNCC1CCN(CC(C)C(N)=O)CC1. The Bertz CT molecular complexity index is 200. The lowest BCUT2D eigenvalue weighted by Gasteiger charge is -2.32. The first-order chi connectivity index (χ1) is 7.13. The number of piperidine rings is 1. The average molecular weight is 213 g/mol. The van der Waals surface area contributed by atoms with E-state index >= 15 is 0 Å². The molecular formula is C11H23N3O. The third-order valence-corrected chi connectivity index (χ3v) is 3.22. The van der Waals surface area contributed by atoms with Gasteiger partial charge in [0.2, 0.25) is 5.91 Å². The highest BCUT2D eigenvalue weighted by Crippen LogP contribution is 2.17.